The molecule has 0 fully saturated rings. The zero-order valence-electron chi connectivity index (χ0n) is 30.4. The molecule has 0 aliphatic rings. The number of aliphatic hydroxyl groups is 1. The molecule has 1 heterocycles. The Morgan fingerprint density at radius 1 is 0.647 bits per heavy atom. The normalized spacial score (nSPS) is 14.9. The van der Waals surface area contributed by atoms with Crippen molar-refractivity contribution >= 4 is 54.0 Å². The molecule has 9 heteroatoms. The lowest BCUT2D eigenvalue weighted by molar-refractivity contribution is -0.185. The molecule has 51 heavy (non-hydrogen) atoms. The summed E-state index contributed by atoms with van der Waals surface area (Å²) in [6.07, 6.45) is 7.75. The highest BCUT2D eigenvalue weighted by molar-refractivity contribution is 8.33. The van der Waals surface area contributed by atoms with Crippen LogP contribution in [0.1, 0.15) is 37.5 Å². The lowest BCUT2D eigenvalue weighted by atomic mass is 9.87. The van der Waals surface area contributed by atoms with Gasteiger partial charge in [-0.1, -0.05) is 142 Å². The summed E-state index contributed by atoms with van der Waals surface area (Å²) in [6.45, 7) is 7.56. The van der Waals surface area contributed by atoms with Gasteiger partial charge >= 0.3 is 0 Å². The second kappa shape index (κ2) is 17.9. The van der Waals surface area contributed by atoms with Crippen LogP contribution in [0.3, 0.4) is 0 Å². The summed E-state index contributed by atoms with van der Waals surface area (Å²) < 4.78 is 26.4. The fraction of sp³-hybridized carbons (Fsp3) is 0.333. The highest BCUT2D eigenvalue weighted by atomic mass is 32.3. The lowest BCUT2D eigenvalue weighted by Crippen LogP contribution is -2.68. The van der Waals surface area contributed by atoms with E-state index < -0.39 is 29.5 Å². The molecule has 0 radical (unpaired) electrons. The number of thioether (sulfide) groups is 3. The molecule has 3 atom stereocenters. The summed E-state index contributed by atoms with van der Waals surface area (Å²) in [5.41, 5.74) is 1.04. The molecule has 1 unspecified atom stereocenters. The second-order valence-corrected chi connectivity index (χ2v) is 21.6. The van der Waals surface area contributed by atoms with Gasteiger partial charge in [-0.3, -0.25) is 0 Å². The van der Waals surface area contributed by atoms with E-state index in [4.69, 9.17) is 18.3 Å². The largest absolute Gasteiger partial charge is 0.472 e. The third-order valence-electron chi connectivity index (χ3n) is 9.44. The van der Waals surface area contributed by atoms with E-state index in [0.29, 0.717) is 12.2 Å². The molecule has 0 bridgehead atoms. The van der Waals surface area contributed by atoms with Crippen molar-refractivity contribution in [1.29, 1.82) is 0 Å². The third-order valence-corrected chi connectivity index (χ3v) is 20.0. The molecular formula is C42H50O5S3Si. The van der Waals surface area contributed by atoms with Gasteiger partial charge in [-0.15, -0.1) is 35.3 Å². The van der Waals surface area contributed by atoms with Gasteiger partial charge in [0.25, 0.3) is 8.32 Å². The van der Waals surface area contributed by atoms with Crippen LogP contribution in [0.2, 0.25) is 5.04 Å². The molecule has 1 N–H and O–H groups in total. The third kappa shape index (κ3) is 8.42. The Kier molecular flexibility index (Phi) is 13.8. The van der Waals surface area contributed by atoms with E-state index in [0.717, 1.165) is 11.1 Å². The molecule has 0 saturated heterocycles. The molecule has 1 aromatic heterocycles. The van der Waals surface area contributed by atoms with Crippen LogP contribution in [-0.4, -0.2) is 54.4 Å². The van der Waals surface area contributed by atoms with Gasteiger partial charge in [-0.2, -0.15) is 0 Å². The van der Waals surface area contributed by atoms with Crippen LogP contribution in [0.25, 0.3) is 0 Å². The Bertz CT molecular complexity index is 1670. The van der Waals surface area contributed by atoms with Crippen LogP contribution in [0.5, 0.6) is 0 Å². The van der Waals surface area contributed by atoms with Gasteiger partial charge in [0, 0.05) is 5.56 Å². The van der Waals surface area contributed by atoms with Crippen LogP contribution in [0, 0.1) is 0 Å². The minimum Gasteiger partial charge on any atom is -0.472 e. The zero-order chi connectivity index (χ0) is 36.4. The van der Waals surface area contributed by atoms with Crippen molar-refractivity contribution in [1.82, 2.24) is 0 Å². The second-order valence-electron chi connectivity index (χ2n) is 13.5. The summed E-state index contributed by atoms with van der Waals surface area (Å²) in [7, 11) is -3.00. The zero-order valence-corrected chi connectivity index (χ0v) is 33.8. The summed E-state index contributed by atoms with van der Waals surface area (Å²) in [5, 5.41) is 15.6. The number of hydrogen-bond donors (Lipinski definition) is 1. The van der Waals surface area contributed by atoms with Gasteiger partial charge in [-0.25, -0.2) is 0 Å². The first-order chi connectivity index (χ1) is 24.6. The van der Waals surface area contributed by atoms with Crippen molar-refractivity contribution in [3.8, 4) is 0 Å². The lowest BCUT2D eigenvalue weighted by Gasteiger charge is -2.50. The monoisotopic (exact) mass is 758 g/mol. The van der Waals surface area contributed by atoms with Crippen LogP contribution in [-0.2, 0) is 32.7 Å². The fourth-order valence-corrected chi connectivity index (χ4v) is 15.1. The number of furan rings is 1. The Hall–Kier alpha value is -2.73. The van der Waals surface area contributed by atoms with Crippen molar-refractivity contribution in [3.05, 3.63) is 157 Å². The predicted molar refractivity (Wildman–Crippen MR) is 219 cm³/mol. The first-order valence-corrected chi connectivity index (χ1v) is 22.7. The van der Waals surface area contributed by atoms with Crippen molar-refractivity contribution in [2.24, 2.45) is 0 Å². The van der Waals surface area contributed by atoms with Crippen molar-refractivity contribution in [3.63, 3.8) is 0 Å². The summed E-state index contributed by atoms with van der Waals surface area (Å²) in [5.74, 6) is 0. The summed E-state index contributed by atoms with van der Waals surface area (Å²) in [6, 6.07) is 43.3. The molecule has 0 aliphatic heterocycles. The van der Waals surface area contributed by atoms with E-state index in [1.54, 1.807) is 47.8 Å². The van der Waals surface area contributed by atoms with Crippen molar-refractivity contribution in [2.75, 3.05) is 25.4 Å². The van der Waals surface area contributed by atoms with E-state index in [-0.39, 0.29) is 18.3 Å². The minimum atomic E-state index is -3.00. The predicted octanol–water partition coefficient (Wildman–Crippen LogP) is 8.96. The first kappa shape index (κ1) is 39.5. The molecule has 0 amide bonds. The Labute approximate surface area is 318 Å². The van der Waals surface area contributed by atoms with Crippen molar-refractivity contribution in [2.45, 2.75) is 60.2 Å². The van der Waals surface area contributed by atoms with Crippen LogP contribution in [0.15, 0.2) is 144 Å². The van der Waals surface area contributed by atoms with Gasteiger partial charge in [0.1, 0.15) is 15.6 Å². The highest BCUT2D eigenvalue weighted by Crippen LogP contribution is 2.58. The smallest absolute Gasteiger partial charge is 0.261 e. The maximum Gasteiger partial charge on any atom is 0.261 e. The molecule has 5 aromatic rings. The average Bonchev–Trinajstić information content (AvgIpc) is 3.72. The van der Waals surface area contributed by atoms with Gasteiger partial charge in [0.05, 0.1) is 32.3 Å². The highest BCUT2D eigenvalue weighted by Gasteiger charge is 2.60. The first-order valence-electron chi connectivity index (χ1n) is 17.1. The SMILES string of the molecule is CSC(SC)(SC)C(O)(c1ccoc1)[C@H](OCc1ccccc1)[C@H](CO[Si](c1ccccc1)(c1ccccc1)C(C)(C)C)OCc1ccccc1. The number of ether oxygens (including phenoxy) is 2. The summed E-state index contributed by atoms with van der Waals surface area (Å²) >= 11 is 4.78. The summed E-state index contributed by atoms with van der Waals surface area (Å²) in [4.78, 5) is 0. The number of benzene rings is 4. The molecular weight excluding hydrogens is 709 g/mol. The van der Waals surface area contributed by atoms with Crippen molar-refractivity contribution < 1.29 is 23.4 Å². The Morgan fingerprint density at radius 2 is 1.10 bits per heavy atom. The van der Waals surface area contributed by atoms with Gasteiger partial charge in [0.15, 0.2) is 5.60 Å². The number of hydrogen-bond acceptors (Lipinski definition) is 8. The fourth-order valence-electron chi connectivity index (χ4n) is 6.94. The molecule has 0 aliphatic carbocycles. The standard InChI is InChI=1S/C42H50O5S3Si/c1-40(2,3)51(36-23-15-9-16-24-36,37-25-17-10-18-26-37)47-32-38(45-29-33-19-11-7-12-20-33)39(46-30-34-21-13-8-14-22-34)41(43,35-27-28-44-31-35)42(48-4,49-5)50-6/h7-28,31,38-39,43H,29-30,32H2,1-6H3/t38-,39+,41?/m0/s1. The topological polar surface area (TPSA) is 61.1 Å². The van der Waals surface area contributed by atoms with Crippen LogP contribution in [0.4, 0.5) is 0 Å². The molecule has 0 spiro atoms. The van der Waals surface area contributed by atoms with E-state index >= 15 is 0 Å². The van der Waals surface area contributed by atoms with E-state index in [1.165, 1.54) is 10.4 Å². The molecule has 270 valence electrons. The molecule has 4 aromatic carbocycles. The maximum atomic E-state index is 13.5. The average molecular weight is 759 g/mol. The van der Waals surface area contributed by atoms with Crippen LogP contribution < -0.4 is 10.4 Å². The minimum absolute atomic E-state index is 0.174. The van der Waals surface area contributed by atoms with E-state index in [9.17, 15) is 5.11 Å². The quantitative estimate of drug-likeness (QED) is 0.0703. The van der Waals surface area contributed by atoms with Crippen LogP contribution >= 0.6 is 35.3 Å². The molecule has 5 nitrogen and oxygen atoms in total. The molecule has 5 rings (SSSR count). The van der Waals surface area contributed by atoms with E-state index in [2.05, 4.69) is 81.4 Å². The Morgan fingerprint density at radius 3 is 1.51 bits per heavy atom. The maximum absolute atomic E-state index is 13.5. The molecule has 0 saturated carbocycles. The number of rotatable bonds is 18. The van der Waals surface area contributed by atoms with Gasteiger partial charge < -0.3 is 23.4 Å². The van der Waals surface area contributed by atoms with E-state index in [1.807, 2.05) is 85.5 Å². The Balaban J connectivity index is 1.69. The van der Waals surface area contributed by atoms with Gasteiger partial charge in [0.2, 0.25) is 0 Å². The van der Waals surface area contributed by atoms with Gasteiger partial charge in [-0.05, 0) is 51.4 Å².